The van der Waals surface area contributed by atoms with Gasteiger partial charge in [-0.25, -0.2) is 0 Å². The number of allylic oxidation sites excluding steroid dienone is 1. The Morgan fingerprint density at radius 2 is 2.50 bits per heavy atom. The Balaban J connectivity index is 2.14. The van der Waals surface area contributed by atoms with Gasteiger partial charge in [-0.1, -0.05) is 18.7 Å². The van der Waals surface area contributed by atoms with Crippen molar-refractivity contribution in [2.45, 2.75) is 6.92 Å². The zero-order chi connectivity index (χ0) is 5.98. The summed E-state index contributed by atoms with van der Waals surface area (Å²) in [6.45, 7) is 7.98. The third-order valence-corrected chi connectivity index (χ3v) is 1.28. The van der Waals surface area contributed by atoms with E-state index in [1.54, 1.807) is 0 Å². The first-order valence-corrected chi connectivity index (χ1v) is 2.88. The van der Waals surface area contributed by atoms with Gasteiger partial charge in [0.25, 0.3) is 0 Å². The van der Waals surface area contributed by atoms with Crippen molar-refractivity contribution in [2.75, 3.05) is 13.1 Å². The zero-order valence-electron chi connectivity index (χ0n) is 5.22. The molecule has 0 amide bonds. The molecule has 0 aromatic carbocycles. The second-order valence-electron chi connectivity index (χ2n) is 2.02. The fourth-order valence-corrected chi connectivity index (χ4v) is 0.611. The minimum Gasteiger partial charge on any atom is -0.364 e. The topological polar surface area (TPSA) is 3.01 Å². The summed E-state index contributed by atoms with van der Waals surface area (Å²) in [5.74, 6) is 0. The van der Waals surface area contributed by atoms with Crippen LogP contribution in [0.3, 0.4) is 0 Å². The molecule has 1 heteroatoms. The Labute approximate surface area is 50.3 Å². The van der Waals surface area contributed by atoms with Crippen LogP contribution in [0, 0.1) is 0 Å². The van der Waals surface area contributed by atoms with E-state index in [9.17, 15) is 0 Å². The van der Waals surface area contributed by atoms with E-state index in [1.807, 2.05) is 6.92 Å². The first kappa shape index (κ1) is 5.42. The highest BCUT2D eigenvalue weighted by Gasteiger charge is 2.19. The maximum absolute atomic E-state index is 3.79. The molecule has 0 aromatic rings. The predicted octanol–water partition coefficient (Wildman–Crippen LogP) is 1.39. The lowest BCUT2D eigenvalue weighted by molar-refractivity contribution is 0.657. The van der Waals surface area contributed by atoms with Gasteiger partial charge in [0.15, 0.2) is 0 Å². The zero-order valence-corrected chi connectivity index (χ0v) is 5.22. The van der Waals surface area contributed by atoms with Crippen LogP contribution in [-0.4, -0.2) is 18.0 Å². The maximum atomic E-state index is 3.79. The average molecular weight is 109 g/mol. The summed E-state index contributed by atoms with van der Waals surface area (Å²) < 4.78 is 0. The van der Waals surface area contributed by atoms with Gasteiger partial charge >= 0.3 is 0 Å². The van der Waals surface area contributed by atoms with Crippen molar-refractivity contribution >= 4 is 0 Å². The average Bonchev–Trinajstić information content (AvgIpc) is 2.42. The fourth-order valence-electron chi connectivity index (χ4n) is 0.611. The van der Waals surface area contributed by atoms with Crippen molar-refractivity contribution in [3.8, 4) is 0 Å². The normalized spacial score (nSPS) is 18.1. The number of nitrogens with zero attached hydrogens (tertiary/aromatic N) is 1. The van der Waals surface area contributed by atoms with Crippen LogP contribution < -0.4 is 0 Å². The summed E-state index contributed by atoms with van der Waals surface area (Å²) in [7, 11) is 0. The Kier molecular flexibility index (Phi) is 1.38. The summed E-state index contributed by atoms with van der Waals surface area (Å²) in [4.78, 5) is 2.22. The molecule has 0 aliphatic carbocycles. The lowest BCUT2D eigenvalue weighted by Gasteiger charge is -1.90. The summed E-state index contributed by atoms with van der Waals surface area (Å²) in [5.41, 5.74) is 1.27. The second-order valence-corrected chi connectivity index (χ2v) is 2.02. The molecule has 0 aromatic heterocycles. The van der Waals surface area contributed by atoms with E-state index in [4.69, 9.17) is 0 Å². The molecule has 1 fully saturated rings. The molecular weight excluding hydrogens is 98.1 g/mol. The monoisotopic (exact) mass is 109 g/mol. The van der Waals surface area contributed by atoms with Gasteiger partial charge in [0.1, 0.15) is 0 Å². The van der Waals surface area contributed by atoms with Crippen molar-refractivity contribution in [2.24, 2.45) is 0 Å². The highest BCUT2D eigenvalue weighted by Crippen LogP contribution is 2.17. The quantitative estimate of drug-likeness (QED) is 0.382. The third-order valence-electron chi connectivity index (χ3n) is 1.28. The smallest absolute Gasteiger partial charge is 0.0573 e. The van der Waals surface area contributed by atoms with E-state index < -0.39 is 0 Å². The number of hydrogen-bond acceptors (Lipinski definition) is 1. The molecule has 44 valence electrons. The minimum atomic E-state index is 1.05. The number of rotatable bonds is 2. The van der Waals surface area contributed by atoms with Crippen molar-refractivity contribution in [1.29, 1.82) is 0 Å². The van der Waals surface area contributed by atoms with Gasteiger partial charge in [-0.3, -0.25) is 0 Å². The van der Waals surface area contributed by atoms with Crippen molar-refractivity contribution in [1.82, 2.24) is 4.90 Å². The summed E-state index contributed by atoms with van der Waals surface area (Å²) >= 11 is 0. The van der Waals surface area contributed by atoms with E-state index in [0.717, 1.165) is 13.1 Å². The lowest BCUT2D eigenvalue weighted by atomic mass is 10.5. The summed E-state index contributed by atoms with van der Waals surface area (Å²) in [5, 5.41) is 0. The lowest BCUT2D eigenvalue weighted by Crippen LogP contribution is -1.92. The molecule has 0 N–H and O–H groups in total. The van der Waals surface area contributed by atoms with E-state index in [2.05, 4.69) is 23.6 Å². The van der Waals surface area contributed by atoms with E-state index in [0.29, 0.717) is 0 Å². The first-order chi connectivity index (χ1) is 3.84. The van der Waals surface area contributed by atoms with Crippen molar-refractivity contribution in [3.63, 3.8) is 0 Å². The predicted molar refractivity (Wildman–Crippen MR) is 35.5 cm³/mol. The van der Waals surface area contributed by atoms with Crippen molar-refractivity contribution in [3.05, 3.63) is 24.4 Å². The van der Waals surface area contributed by atoms with Gasteiger partial charge in [-0.15, -0.1) is 0 Å². The molecule has 8 heavy (non-hydrogen) atoms. The van der Waals surface area contributed by atoms with Crippen molar-refractivity contribution < 1.29 is 0 Å². The molecule has 1 heterocycles. The molecule has 1 saturated heterocycles. The molecule has 0 saturated carbocycles. The highest BCUT2D eigenvalue weighted by atomic mass is 15.3. The molecule has 1 aliphatic heterocycles. The standard InChI is InChI=1S/C7H11N/c1-3-4-5-8-6-7(8)2/h3-4H,2,5-6H2,1H3. The van der Waals surface area contributed by atoms with E-state index >= 15 is 0 Å². The van der Waals surface area contributed by atoms with Gasteiger partial charge in [0.05, 0.1) is 6.54 Å². The molecule has 0 unspecified atom stereocenters. The molecular formula is C7H11N. The van der Waals surface area contributed by atoms with Gasteiger partial charge < -0.3 is 4.90 Å². The maximum Gasteiger partial charge on any atom is 0.0573 e. The largest absolute Gasteiger partial charge is 0.364 e. The summed E-state index contributed by atoms with van der Waals surface area (Å²) in [6, 6.07) is 0. The molecule has 0 radical (unpaired) electrons. The Hall–Kier alpha value is -0.720. The van der Waals surface area contributed by atoms with Gasteiger partial charge in [-0.05, 0) is 6.92 Å². The first-order valence-electron chi connectivity index (χ1n) is 2.88. The van der Waals surface area contributed by atoms with Crippen LogP contribution in [0.15, 0.2) is 24.4 Å². The van der Waals surface area contributed by atoms with Gasteiger partial charge in [-0.2, -0.15) is 0 Å². The van der Waals surface area contributed by atoms with Crippen LogP contribution >= 0.6 is 0 Å². The molecule has 1 aliphatic rings. The third kappa shape index (κ3) is 1.12. The second kappa shape index (κ2) is 2.03. The Morgan fingerprint density at radius 3 is 2.88 bits per heavy atom. The van der Waals surface area contributed by atoms with Gasteiger partial charge in [0, 0.05) is 12.2 Å². The Morgan fingerprint density at radius 1 is 1.88 bits per heavy atom. The fraction of sp³-hybridized carbons (Fsp3) is 0.429. The van der Waals surface area contributed by atoms with Crippen LogP contribution in [0.4, 0.5) is 0 Å². The molecule has 1 nitrogen and oxygen atoms in total. The van der Waals surface area contributed by atoms with Crippen LogP contribution in [0.2, 0.25) is 0 Å². The highest BCUT2D eigenvalue weighted by molar-refractivity contribution is 5.14. The SMILES string of the molecule is C=C1CN1CC=CC. The van der Waals surface area contributed by atoms with E-state index in [-0.39, 0.29) is 0 Å². The molecule has 1 rings (SSSR count). The summed E-state index contributed by atoms with van der Waals surface area (Å²) in [6.07, 6.45) is 4.20. The molecule has 0 spiro atoms. The van der Waals surface area contributed by atoms with Crippen LogP contribution in [0.25, 0.3) is 0 Å². The molecule has 0 atom stereocenters. The number of hydrogen-bond donors (Lipinski definition) is 0. The Bertz CT molecular complexity index is 124. The minimum absolute atomic E-state index is 1.05. The van der Waals surface area contributed by atoms with Crippen LogP contribution in [0.5, 0.6) is 0 Å². The van der Waals surface area contributed by atoms with Crippen LogP contribution in [-0.2, 0) is 0 Å². The van der Waals surface area contributed by atoms with Crippen LogP contribution in [0.1, 0.15) is 6.92 Å². The molecule has 0 bridgehead atoms. The van der Waals surface area contributed by atoms with Gasteiger partial charge in [0.2, 0.25) is 0 Å². The van der Waals surface area contributed by atoms with E-state index in [1.165, 1.54) is 5.70 Å².